The first-order valence-electron chi connectivity index (χ1n) is 11.5. The largest absolute Gasteiger partial charge is 0.416 e. The number of nitrogens with zero attached hydrogens (tertiary/aromatic N) is 5. The molecular formula is C22H27ClF3N7O2. The number of tetrazole rings is 1. The number of benzene rings is 1. The van der Waals surface area contributed by atoms with Crippen LogP contribution in [0.2, 0.25) is 0 Å². The number of aromatic nitrogens is 4. The molecule has 3 fully saturated rings. The minimum atomic E-state index is -4.44. The van der Waals surface area contributed by atoms with Gasteiger partial charge in [-0.3, -0.25) is 9.59 Å². The number of hydrogen-bond donors (Lipinski definition) is 2. The number of halogens is 4. The highest BCUT2D eigenvalue weighted by molar-refractivity contribution is 5.95. The average Bonchev–Trinajstić information content (AvgIpc) is 3.56. The van der Waals surface area contributed by atoms with E-state index in [1.165, 1.54) is 12.1 Å². The van der Waals surface area contributed by atoms with E-state index in [9.17, 15) is 22.8 Å². The summed E-state index contributed by atoms with van der Waals surface area (Å²) in [6, 6.07) is 3.25. The van der Waals surface area contributed by atoms with Crippen LogP contribution in [0.1, 0.15) is 66.3 Å². The van der Waals surface area contributed by atoms with Crippen molar-refractivity contribution >= 4 is 24.2 Å². The molecule has 4 heterocycles. The summed E-state index contributed by atoms with van der Waals surface area (Å²) in [6.45, 7) is 0.587. The fraction of sp³-hybridized carbons (Fsp3) is 0.591. The first kappa shape index (κ1) is 25.4. The molecule has 0 spiro atoms. The maximum absolute atomic E-state index is 13.3. The standard InChI is InChI=1S/C22H26F3N7O2.ClH/c23-22(24,25)14-5-3-12(4-6-14)20(33)32-15-7-8-16(32)11-13(10-15)18(26)21(34)31-9-1-2-17(31)19-27-29-30-28-19;/h3-6,13,15-18H,1-2,7-11,26H2,(H,27,28,29,30);1H/t15-,16-,17-,18-;/m0./s1. The first-order chi connectivity index (χ1) is 16.2. The van der Waals surface area contributed by atoms with Gasteiger partial charge in [-0.15, -0.1) is 22.6 Å². The lowest BCUT2D eigenvalue weighted by atomic mass is 9.84. The normalized spacial score (nSPS) is 27.0. The number of alkyl halides is 3. The maximum atomic E-state index is 13.3. The lowest BCUT2D eigenvalue weighted by Gasteiger charge is -2.41. The number of H-pyrrole nitrogens is 1. The Morgan fingerprint density at radius 3 is 2.31 bits per heavy atom. The number of aromatic amines is 1. The van der Waals surface area contributed by atoms with E-state index in [0.29, 0.717) is 25.2 Å². The third kappa shape index (κ3) is 4.73. The Morgan fingerprint density at radius 1 is 1.09 bits per heavy atom. The molecule has 0 radical (unpaired) electrons. The molecule has 1 aromatic heterocycles. The van der Waals surface area contributed by atoms with Crippen LogP contribution in [0.15, 0.2) is 24.3 Å². The number of carbonyl (C=O) groups is 2. The molecule has 0 unspecified atom stereocenters. The van der Waals surface area contributed by atoms with Gasteiger partial charge in [0.25, 0.3) is 5.91 Å². The van der Waals surface area contributed by atoms with E-state index in [1.54, 1.807) is 9.80 Å². The second-order valence-corrected chi connectivity index (χ2v) is 9.39. The third-order valence-corrected chi connectivity index (χ3v) is 7.45. The van der Waals surface area contributed by atoms with Gasteiger partial charge < -0.3 is 15.5 Å². The molecule has 5 rings (SSSR count). The topological polar surface area (TPSA) is 121 Å². The van der Waals surface area contributed by atoms with Gasteiger partial charge in [0.15, 0.2) is 5.82 Å². The Hall–Kier alpha value is -2.73. The average molecular weight is 514 g/mol. The molecule has 2 bridgehead atoms. The van der Waals surface area contributed by atoms with Crippen molar-refractivity contribution in [3.8, 4) is 0 Å². The molecule has 3 N–H and O–H groups in total. The predicted octanol–water partition coefficient (Wildman–Crippen LogP) is 2.71. The minimum Gasteiger partial charge on any atom is -0.333 e. The molecule has 0 aliphatic carbocycles. The van der Waals surface area contributed by atoms with Gasteiger partial charge in [-0.1, -0.05) is 5.21 Å². The van der Waals surface area contributed by atoms with Crippen molar-refractivity contribution in [3.63, 3.8) is 0 Å². The maximum Gasteiger partial charge on any atom is 0.416 e. The van der Waals surface area contributed by atoms with Crippen LogP contribution in [0.5, 0.6) is 0 Å². The van der Waals surface area contributed by atoms with Crippen molar-refractivity contribution in [3.05, 3.63) is 41.2 Å². The van der Waals surface area contributed by atoms with Crippen LogP contribution >= 0.6 is 12.4 Å². The number of amides is 2. The second-order valence-electron chi connectivity index (χ2n) is 9.39. The van der Waals surface area contributed by atoms with Gasteiger partial charge in [-0.2, -0.15) is 18.4 Å². The summed E-state index contributed by atoms with van der Waals surface area (Å²) >= 11 is 0. The molecule has 190 valence electrons. The molecule has 35 heavy (non-hydrogen) atoms. The minimum absolute atomic E-state index is 0. The number of hydrogen-bond acceptors (Lipinski definition) is 6. The quantitative estimate of drug-likeness (QED) is 0.648. The molecule has 13 heteroatoms. The molecule has 3 aliphatic rings. The smallest absolute Gasteiger partial charge is 0.333 e. The van der Waals surface area contributed by atoms with Crippen LogP contribution in [-0.4, -0.2) is 66.9 Å². The summed E-state index contributed by atoms with van der Waals surface area (Å²) in [5, 5.41) is 14.1. The molecular weight excluding hydrogens is 487 g/mol. The number of nitrogens with two attached hydrogens (primary N) is 1. The number of piperidine rings is 1. The van der Waals surface area contributed by atoms with Crippen molar-refractivity contribution in [1.29, 1.82) is 0 Å². The van der Waals surface area contributed by atoms with E-state index < -0.39 is 17.8 Å². The SMILES string of the molecule is Cl.N[C@H](C(=O)N1CCC[C@H]1c1nn[nH]n1)C1C[C@@H]2CC[C@@H](C1)N2C(=O)c1ccc(C(F)(F)F)cc1. The number of fused-ring (bicyclic) bond motifs is 2. The molecule has 4 atom stereocenters. The summed E-state index contributed by atoms with van der Waals surface area (Å²) < 4.78 is 38.6. The van der Waals surface area contributed by atoms with E-state index in [0.717, 1.165) is 37.8 Å². The van der Waals surface area contributed by atoms with Gasteiger partial charge in [0.1, 0.15) is 0 Å². The second kappa shape index (κ2) is 9.73. The summed E-state index contributed by atoms with van der Waals surface area (Å²) in [5.41, 5.74) is 5.92. The number of rotatable bonds is 4. The Kier molecular flexibility index (Phi) is 7.05. The van der Waals surface area contributed by atoms with E-state index in [-0.39, 0.29) is 53.8 Å². The van der Waals surface area contributed by atoms with Crippen molar-refractivity contribution in [2.75, 3.05) is 6.54 Å². The van der Waals surface area contributed by atoms with Crippen LogP contribution in [-0.2, 0) is 11.0 Å². The first-order valence-corrected chi connectivity index (χ1v) is 11.5. The Balaban J connectivity index is 0.00000289. The molecule has 1 aromatic carbocycles. The third-order valence-electron chi connectivity index (χ3n) is 7.45. The van der Waals surface area contributed by atoms with E-state index in [1.807, 2.05) is 0 Å². The molecule has 0 saturated carbocycles. The number of carbonyl (C=O) groups excluding carboxylic acids is 2. The van der Waals surface area contributed by atoms with Gasteiger partial charge in [-0.05, 0) is 68.7 Å². The Labute approximate surface area is 206 Å². The lowest BCUT2D eigenvalue weighted by Crippen LogP contribution is -2.54. The van der Waals surface area contributed by atoms with Gasteiger partial charge in [0.05, 0.1) is 17.6 Å². The Morgan fingerprint density at radius 2 is 1.74 bits per heavy atom. The van der Waals surface area contributed by atoms with E-state index >= 15 is 0 Å². The van der Waals surface area contributed by atoms with Crippen LogP contribution in [0.3, 0.4) is 0 Å². The highest BCUT2D eigenvalue weighted by Gasteiger charge is 2.47. The molecule has 9 nitrogen and oxygen atoms in total. The van der Waals surface area contributed by atoms with E-state index in [4.69, 9.17) is 5.73 Å². The summed E-state index contributed by atoms with van der Waals surface area (Å²) in [7, 11) is 0. The summed E-state index contributed by atoms with van der Waals surface area (Å²) in [5.74, 6) is -0.00116. The highest BCUT2D eigenvalue weighted by Crippen LogP contribution is 2.41. The van der Waals surface area contributed by atoms with Crippen LogP contribution in [0.4, 0.5) is 13.2 Å². The number of nitrogens with one attached hydrogen (secondary N) is 1. The zero-order valence-corrected chi connectivity index (χ0v) is 19.6. The lowest BCUT2D eigenvalue weighted by molar-refractivity contribution is -0.137. The van der Waals surface area contributed by atoms with Crippen molar-refractivity contribution in [2.45, 2.75) is 68.9 Å². The van der Waals surface area contributed by atoms with Gasteiger partial charge in [0.2, 0.25) is 5.91 Å². The van der Waals surface area contributed by atoms with Crippen LogP contribution in [0, 0.1) is 5.92 Å². The summed E-state index contributed by atoms with van der Waals surface area (Å²) in [4.78, 5) is 29.9. The predicted molar refractivity (Wildman–Crippen MR) is 120 cm³/mol. The zero-order valence-electron chi connectivity index (χ0n) is 18.8. The summed E-state index contributed by atoms with van der Waals surface area (Å²) in [6.07, 6.45) is -0.0771. The molecule has 3 aliphatic heterocycles. The van der Waals surface area contributed by atoms with Crippen molar-refractivity contribution in [2.24, 2.45) is 11.7 Å². The molecule has 2 amide bonds. The monoisotopic (exact) mass is 513 g/mol. The van der Waals surface area contributed by atoms with Crippen molar-refractivity contribution < 1.29 is 22.8 Å². The molecule has 3 saturated heterocycles. The Bertz CT molecular complexity index is 1040. The van der Waals surface area contributed by atoms with Gasteiger partial charge >= 0.3 is 6.18 Å². The van der Waals surface area contributed by atoms with Crippen molar-refractivity contribution in [1.82, 2.24) is 30.4 Å². The number of likely N-dealkylation sites (tertiary alicyclic amines) is 1. The fourth-order valence-electron chi connectivity index (χ4n) is 5.80. The van der Waals surface area contributed by atoms with Crippen LogP contribution in [0.25, 0.3) is 0 Å². The van der Waals surface area contributed by atoms with Gasteiger partial charge in [0, 0.05) is 24.2 Å². The van der Waals surface area contributed by atoms with E-state index in [2.05, 4.69) is 20.6 Å². The zero-order chi connectivity index (χ0) is 24.0. The van der Waals surface area contributed by atoms with Gasteiger partial charge in [-0.25, -0.2) is 0 Å². The fourth-order valence-corrected chi connectivity index (χ4v) is 5.80. The highest BCUT2D eigenvalue weighted by atomic mass is 35.5. The molecule has 2 aromatic rings. The van der Waals surface area contributed by atoms with Crippen LogP contribution < -0.4 is 5.73 Å².